The predicted octanol–water partition coefficient (Wildman–Crippen LogP) is 7.55. The van der Waals surface area contributed by atoms with Crippen molar-refractivity contribution in [3.63, 3.8) is 0 Å². The first-order chi connectivity index (χ1) is 21.5. The molecule has 0 spiro atoms. The molecular weight excluding hydrogens is 585 g/mol. The van der Waals surface area contributed by atoms with E-state index >= 15 is 0 Å². The van der Waals surface area contributed by atoms with E-state index in [-0.39, 0.29) is 24.6 Å². The molecule has 0 radical (unpaired) electrons. The van der Waals surface area contributed by atoms with Crippen LogP contribution >= 0.6 is 11.6 Å². The zero-order valence-electron chi connectivity index (χ0n) is 24.2. The number of rotatable bonds is 9. The van der Waals surface area contributed by atoms with Crippen LogP contribution in [-0.4, -0.2) is 40.3 Å². The van der Waals surface area contributed by atoms with Crippen molar-refractivity contribution in [1.29, 1.82) is 0 Å². The number of hydrogen-bond donors (Lipinski definition) is 0. The number of benzene rings is 2. The summed E-state index contributed by atoms with van der Waals surface area (Å²) in [4.78, 5) is 21.7. The first kappa shape index (κ1) is 28.6. The van der Waals surface area contributed by atoms with Gasteiger partial charge in [-0.25, -0.2) is 19.2 Å². The molecule has 5 aromatic rings. The molecule has 8 nitrogen and oxygen atoms in total. The summed E-state index contributed by atoms with van der Waals surface area (Å²) in [5.41, 5.74) is 5.44. The molecule has 0 amide bonds. The molecule has 0 saturated carbocycles. The number of aromatic nitrogens is 3. The van der Waals surface area contributed by atoms with Gasteiger partial charge >= 0.3 is 5.97 Å². The van der Waals surface area contributed by atoms with Gasteiger partial charge in [-0.2, -0.15) is 0 Å². The van der Waals surface area contributed by atoms with Crippen molar-refractivity contribution in [2.75, 3.05) is 13.7 Å². The van der Waals surface area contributed by atoms with Gasteiger partial charge < -0.3 is 23.2 Å². The SMILES string of the molecule is COC(=O)c1ccc2nc(CC3CC=C(c4ccc(F)c(OCc5ccc(Cl)c6ccoc56)n4)CC3)n(C[C@@H]3CCO3)c2c1. The normalized spacial score (nSPS) is 18.3. The third-order valence-electron chi connectivity index (χ3n) is 8.57. The van der Waals surface area contributed by atoms with E-state index in [1.54, 1.807) is 30.5 Å². The Balaban J connectivity index is 1.07. The fraction of sp³-hybridized carbons (Fsp3) is 0.324. The summed E-state index contributed by atoms with van der Waals surface area (Å²) in [7, 11) is 1.39. The number of pyridine rings is 1. The molecule has 1 unspecified atom stereocenters. The zero-order valence-corrected chi connectivity index (χ0v) is 25.0. The predicted molar refractivity (Wildman–Crippen MR) is 164 cm³/mol. The van der Waals surface area contributed by atoms with Gasteiger partial charge in [0.15, 0.2) is 5.82 Å². The summed E-state index contributed by atoms with van der Waals surface area (Å²) in [6.45, 7) is 1.58. The van der Waals surface area contributed by atoms with Crippen LogP contribution in [0.1, 0.15) is 53.1 Å². The number of halogens is 2. The van der Waals surface area contributed by atoms with E-state index in [0.29, 0.717) is 34.3 Å². The fourth-order valence-corrected chi connectivity index (χ4v) is 6.23. The maximum Gasteiger partial charge on any atom is 0.337 e. The van der Waals surface area contributed by atoms with Gasteiger partial charge in [0.2, 0.25) is 0 Å². The summed E-state index contributed by atoms with van der Waals surface area (Å²) in [6.07, 6.45) is 8.33. The number of hydrogen-bond acceptors (Lipinski definition) is 7. The van der Waals surface area contributed by atoms with Gasteiger partial charge in [0.25, 0.3) is 5.88 Å². The molecule has 7 rings (SSSR count). The highest BCUT2D eigenvalue weighted by Gasteiger charge is 2.25. The van der Waals surface area contributed by atoms with Crippen LogP contribution in [0, 0.1) is 11.7 Å². The summed E-state index contributed by atoms with van der Waals surface area (Å²) in [5, 5.41) is 1.37. The molecular formula is C34H31ClFN3O5. The van der Waals surface area contributed by atoms with Gasteiger partial charge in [-0.05, 0) is 79.6 Å². The van der Waals surface area contributed by atoms with Gasteiger partial charge in [-0.3, -0.25) is 0 Å². The van der Waals surface area contributed by atoms with Gasteiger partial charge in [-0.15, -0.1) is 0 Å². The lowest BCUT2D eigenvalue weighted by Gasteiger charge is -2.28. The van der Waals surface area contributed by atoms with Gasteiger partial charge in [0.05, 0.1) is 53.3 Å². The molecule has 0 N–H and O–H groups in total. The number of carbonyl (C=O) groups excluding carboxylic acids is 1. The number of allylic oxidation sites excluding steroid dienone is 2. The van der Waals surface area contributed by atoms with E-state index in [1.807, 2.05) is 18.2 Å². The minimum atomic E-state index is -0.516. The van der Waals surface area contributed by atoms with Crippen molar-refractivity contribution in [2.24, 2.45) is 5.92 Å². The Bertz CT molecular complexity index is 1890. The van der Waals surface area contributed by atoms with E-state index in [9.17, 15) is 9.18 Å². The summed E-state index contributed by atoms with van der Waals surface area (Å²) < 4.78 is 39.0. The number of ether oxygens (including phenoxy) is 3. The number of fused-ring (bicyclic) bond motifs is 2. The molecule has 1 saturated heterocycles. The third kappa shape index (κ3) is 5.57. The average Bonchev–Trinajstić information content (AvgIpc) is 3.65. The molecule has 2 aliphatic rings. The monoisotopic (exact) mass is 615 g/mol. The topological polar surface area (TPSA) is 88.6 Å². The highest BCUT2D eigenvalue weighted by atomic mass is 35.5. The van der Waals surface area contributed by atoms with E-state index in [2.05, 4.69) is 15.6 Å². The van der Waals surface area contributed by atoms with Crippen molar-refractivity contribution >= 4 is 45.1 Å². The Kier molecular flexibility index (Phi) is 7.82. The Morgan fingerprint density at radius 3 is 2.80 bits per heavy atom. The minimum Gasteiger partial charge on any atom is -0.471 e. The van der Waals surface area contributed by atoms with Crippen LogP contribution in [-0.2, 0) is 29.0 Å². The van der Waals surface area contributed by atoms with Crippen LogP contribution in [0.25, 0.3) is 27.6 Å². The van der Waals surface area contributed by atoms with Crippen LogP contribution in [0.2, 0.25) is 5.02 Å². The van der Waals surface area contributed by atoms with Gasteiger partial charge in [0, 0.05) is 24.0 Å². The van der Waals surface area contributed by atoms with Crippen molar-refractivity contribution in [2.45, 2.75) is 51.4 Å². The van der Waals surface area contributed by atoms with Gasteiger partial charge in [-0.1, -0.05) is 23.7 Å². The van der Waals surface area contributed by atoms with E-state index in [0.717, 1.165) is 72.1 Å². The lowest BCUT2D eigenvalue weighted by Crippen LogP contribution is -2.32. The average molecular weight is 616 g/mol. The Hall–Kier alpha value is -4.21. The van der Waals surface area contributed by atoms with Crippen molar-refractivity contribution in [3.8, 4) is 5.88 Å². The summed E-state index contributed by atoms with van der Waals surface area (Å²) >= 11 is 6.25. The maximum atomic E-state index is 14.7. The van der Waals surface area contributed by atoms with Crippen molar-refractivity contribution in [3.05, 3.63) is 94.4 Å². The van der Waals surface area contributed by atoms with Crippen LogP contribution in [0.3, 0.4) is 0 Å². The number of furan rings is 1. The van der Waals surface area contributed by atoms with Crippen LogP contribution in [0.5, 0.6) is 5.88 Å². The number of nitrogens with zero attached hydrogens (tertiary/aromatic N) is 3. The van der Waals surface area contributed by atoms with Crippen LogP contribution in [0.4, 0.5) is 4.39 Å². The molecule has 226 valence electrons. The molecule has 1 fully saturated rings. The first-order valence-corrected chi connectivity index (χ1v) is 15.2. The Morgan fingerprint density at radius 2 is 2.02 bits per heavy atom. The highest BCUT2D eigenvalue weighted by molar-refractivity contribution is 6.35. The third-order valence-corrected chi connectivity index (χ3v) is 8.90. The van der Waals surface area contributed by atoms with E-state index < -0.39 is 5.82 Å². The highest BCUT2D eigenvalue weighted by Crippen LogP contribution is 2.34. The second-order valence-electron chi connectivity index (χ2n) is 11.3. The Labute approximate surface area is 258 Å². The van der Waals surface area contributed by atoms with Crippen LogP contribution in [0.15, 0.2) is 65.3 Å². The molecule has 1 aliphatic heterocycles. The number of carbonyl (C=O) groups is 1. The fourth-order valence-electron chi connectivity index (χ4n) is 6.02. The Morgan fingerprint density at radius 1 is 1.14 bits per heavy atom. The summed E-state index contributed by atoms with van der Waals surface area (Å²) in [6, 6.07) is 14.0. The standard InChI is InChI=1S/C34H31ClFN3O5/c1-41-34(40)22-7-10-29-30(17-22)39(18-24-12-14-42-24)31(37-29)16-20-2-4-21(5-3-20)28-11-9-27(36)33(38-28)44-19-23-6-8-26(35)25-13-15-43-32(23)25/h4,6-11,13,15,17,20,24H,2-3,5,12,14,16,18-19H2,1H3/t20?,24-/m0/s1. The molecule has 1 aliphatic carbocycles. The van der Waals surface area contributed by atoms with E-state index in [1.165, 1.54) is 13.2 Å². The molecule has 44 heavy (non-hydrogen) atoms. The first-order valence-electron chi connectivity index (χ1n) is 14.8. The zero-order chi connectivity index (χ0) is 30.2. The smallest absolute Gasteiger partial charge is 0.337 e. The molecule has 10 heteroatoms. The molecule has 2 aromatic carbocycles. The van der Waals surface area contributed by atoms with Crippen molar-refractivity contribution in [1.82, 2.24) is 14.5 Å². The minimum absolute atomic E-state index is 0.0431. The number of esters is 1. The second kappa shape index (κ2) is 12.1. The van der Waals surface area contributed by atoms with Gasteiger partial charge in [0.1, 0.15) is 18.0 Å². The molecule has 2 atom stereocenters. The second-order valence-corrected chi connectivity index (χ2v) is 11.7. The van der Waals surface area contributed by atoms with E-state index in [4.69, 9.17) is 35.2 Å². The largest absolute Gasteiger partial charge is 0.471 e. The molecule has 0 bridgehead atoms. The van der Waals surface area contributed by atoms with Crippen LogP contribution < -0.4 is 4.74 Å². The maximum absolute atomic E-state index is 14.7. The lowest BCUT2D eigenvalue weighted by atomic mass is 9.86. The summed E-state index contributed by atoms with van der Waals surface area (Å²) in [5.74, 6) is 0.445. The molecule has 4 heterocycles. The van der Waals surface area contributed by atoms with Crippen molar-refractivity contribution < 1.29 is 27.8 Å². The number of imidazole rings is 1. The quantitative estimate of drug-likeness (QED) is 0.158. The number of methoxy groups -OCH3 is 1. The molecule has 3 aromatic heterocycles. The lowest BCUT2D eigenvalue weighted by molar-refractivity contribution is -0.0590.